The van der Waals surface area contributed by atoms with Crippen LogP contribution in [0.4, 0.5) is 0 Å². The predicted octanol–water partition coefficient (Wildman–Crippen LogP) is 3.09. The van der Waals surface area contributed by atoms with Gasteiger partial charge in [-0.3, -0.25) is 19.1 Å². The van der Waals surface area contributed by atoms with Crippen molar-refractivity contribution >= 4 is 25.4 Å². The highest BCUT2D eigenvalue weighted by molar-refractivity contribution is 7.52. The maximum Gasteiger partial charge on any atom is 0.331 e. The molecule has 268 valence electrons. The number of aliphatic hydroxyl groups excluding tert-OH is 3. The number of amides is 2. The summed E-state index contributed by atoms with van der Waals surface area (Å²) in [6.07, 6.45) is 16.0. The molecule has 0 radical (unpaired) electrons. The summed E-state index contributed by atoms with van der Waals surface area (Å²) in [6.45, 7) is 3.11. The van der Waals surface area contributed by atoms with Gasteiger partial charge in [-0.2, -0.15) is 0 Å². The van der Waals surface area contributed by atoms with Crippen LogP contribution in [0.3, 0.4) is 0 Å². The number of aliphatic carboxylic acids is 1. The van der Waals surface area contributed by atoms with Gasteiger partial charge in [-0.15, -0.1) is 0 Å². The normalized spacial score (nSPS) is 22.8. The number of carbonyl (C=O) groups excluding carboxylic acids is 2. The van der Waals surface area contributed by atoms with Gasteiger partial charge in [-0.05, 0) is 39.0 Å². The van der Waals surface area contributed by atoms with Gasteiger partial charge >= 0.3 is 13.6 Å². The molecule has 0 bridgehead atoms. The first-order valence-corrected chi connectivity index (χ1v) is 18.7. The molecule has 0 spiro atoms. The third-order valence-electron chi connectivity index (χ3n) is 8.49. The number of aliphatic hydroxyl groups is 3. The van der Waals surface area contributed by atoms with Crippen LogP contribution in [0.2, 0.25) is 0 Å². The Labute approximate surface area is 274 Å². The average molecular weight is 678 g/mol. The van der Waals surface area contributed by atoms with Crippen LogP contribution in [0.1, 0.15) is 111 Å². The van der Waals surface area contributed by atoms with E-state index < -0.39 is 68.7 Å². The molecule has 13 nitrogen and oxygen atoms in total. The smallest absolute Gasteiger partial charge is 0.331 e. The van der Waals surface area contributed by atoms with E-state index in [1.54, 1.807) is 0 Å². The van der Waals surface area contributed by atoms with Gasteiger partial charge in [-0.1, -0.05) is 70.4 Å². The fraction of sp³-hybridized carbons (Fsp3) is 0.844. The van der Waals surface area contributed by atoms with E-state index in [2.05, 4.69) is 29.7 Å². The van der Waals surface area contributed by atoms with E-state index in [1.807, 2.05) is 0 Å². The number of hydrogen-bond donors (Lipinski definition) is 7. The monoisotopic (exact) mass is 677 g/mol. The van der Waals surface area contributed by atoms with Crippen LogP contribution in [0.25, 0.3) is 0 Å². The fourth-order valence-electron chi connectivity index (χ4n) is 5.54. The molecule has 1 heterocycles. The Kier molecular flexibility index (Phi) is 20.8. The zero-order valence-corrected chi connectivity index (χ0v) is 29.0. The highest BCUT2D eigenvalue weighted by Gasteiger charge is 2.47. The molecule has 0 saturated carbocycles. The zero-order valence-electron chi connectivity index (χ0n) is 28.1. The molecule has 0 aromatic rings. The SMILES string of the molecule is CCCCCCCC/C=C/CCCCCCCC(=O)NC(C)(COP(=O)(O)CCN1[C@H](CO)[C@@H](O)[C@H](O)[C@H]1CNC(C)=O)C(=O)O. The summed E-state index contributed by atoms with van der Waals surface area (Å²) < 4.78 is 18.0. The van der Waals surface area contributed by atoms with Crippen molar-refractivity contribution in [2.75, 3.05) is 32.5 Å². The van der Waals surface area contributed by atoms with Crippen LogP contribution in [-0.2, 0) is 23.5 Å². The number of carbonyl (C=O) groups is 3. The average Bonchev–Trinajstić information content (AvgIpc) is 3.23. The summed E-state index contributed by atoms with van der Waals surface area (Å²) in [5, 5.41) is 45.1. The molecule has 46 heavy (non-hydrogen) atoms. The van der Waals surface area contributed by atoms with Gasteiger partial charge < -0.3 is 40.5 Å². The van der Waals surface area contributed by atoms with Crippen LogP contribution in [0, 0.1) is 0 Å². The number of unbranched alkanes of at least 4 members (excludes halogenated alkanes) is 11. The van der Waals surface area contributed by atoms with E-state index in [4.69, 9.17) is 4.52 Å². The van der Waals surface area contributed by atoms with Gasteiger partial charge in [0.15, 0.2) is 5.54 Å². The summed E-state index contributed by atoms with van der Waals surface area (Å²) >= 11 is 0. The van der Waals surface area contributed by atoms with Crippen molar-refractivity contribution in [3.63, 3.8) is 0 Å². The first kappa shape index (κ1) is 42.2. The predicted molar refractivity (Wildman–Crippen MR) is 176 cm³/mol. The molecule has 1 aliphatic heterocycles. The van der Waals surface area contributed by atoms with Gasteiger partial charge in [0.2, 0.25) is 11.8 Å². The second kappa shape index (κ2) is 22.7. The van der Waals surface area contributed by atoms with Crippen LogP contribution in [-0.4, -0.2) is 110 Å². The highest BCUT2D eigenvalue weighted by Crippen LogP contribution is 2.43. The second-order valence-corrected chi connectivity index (χ2v) is 14.6. The molecule has 1 rings (SSSR count). The molecule has 0 aromatic heterocycles. The molecular formula is C32H60N3O10P. The lowest BCUT2D eigenvalue weighted by Gasteiger charge is -2.31. The molecule has 1 saturated heterocycles. The number of rotatable bonds is 26. The minimum Gasteiger partial charge on any atom is -0.479 e. The zero-order chi connectivity index (χ0) is 34.6. The van der Waals surface area contributed by atoms with Gasteiger partial charge in [-0.25, -0.2) is 4.79 Å². The van der Waals surface area contributed by atoms with Crippen LogP contribution >= 0.6 is 7.60 Å². The first-order chi connectivity index (χ1) is 21.8. The second-order valence-electron chi connectivity index (χ2n) is 12.6. The largest absolute Gasteiger partial charge is 0.479 e. The van der Waals surface area contributed by atoms with E-state index in [0.29, 0.717) is 6.42 Å². The van der Waals surface area contributed by atoms with Crippen LogP contribution in [0.5, 0.6) is 0 Å². The molecule has 0 aliphatic carbocycles. The van der Waals surface area contributed by atoms with Crippen molar-refractivity contribution in [2.45, 2.75) is 140 Å². The minimum absolute atomic E-state index is 0.0690. The van der Waals surface area contributed by atoms with Crippen LogP contribution in [0.15, 0.2) is 12.2 Å². The summed E-state index contributed by atoms with van der Waals surface area (Å²) in [7, 11) is -4.41. The highest BCUT2D eigenvalue weighted by atomic mass is 31.2. The minimum atomic E-state index is -4.41. The molecule has 7 N–H and O–H groups in total. The van der Waals surface area contributed by atoms with E-state index in [0.717, 1.165) is 38.5 Å². The Morgan fingerprint density at radius 3 is 2.00 bits per heavy atom. The topological polar surface area (TPSA) is 206 Å². The lowest BCUT2D eigenvalue weighted by atomic mass is 10.0. The maximum absolute atomic E-state index is 12.8. The van der Waals surface area contributed by atoms with E-state index in [-0.39, 0.29) is 25.4 Å². The number of hydrogen-bond acceptors (Lipinski definition) is 9. The number of allylic oxidation sites excluding steroid dienone is 2. The van der Waals surface area contributed by atoms with Crippen molar-refractivity contribution in [3.05, 3.63) is 12.2 Å². The van der Waals surface area contributed by atoms with E-state index >= 15 is 0 Å². The lowest BCUT2D eigenvalue weighted by Crippen LogP contribution is -2.55. The number of carboxylic acids is 1. The Hall–Kier alpha value is -1.86. The third-order valence-corrected chi connectivity index (χ3v) is 9.78. The maximum atomic E-state index is 12.8. The quantitative estimate of drug-likeness (QED) is 0.0402. The standard InChI is InChI=1S/C32H60N3O10P/c1-4-5-6-7-8-9-10-11-12-13-14-15-16-17-18-19-28(38)34-32(3,31(41)42)24-45-46(43,44)21-20-35-26(22-33-25(2)37)29(39)30(40)27(35)23-36/h11-12,26-27,29-30,36,39-40H,4-10,13-24H2,1-3H3,(H,33,37)(H,34,38)(H,41,42)(H,43,44)/b12-11+/t26-,27-,29-,30-,32?/m1/s1. The van der Waals surface area contributed by atoms with Crippen molar-refractivity contribution < 1.29 is 48.8 Å². The van der Waals surface area contributed by atoms with Crippen molar-refractivity contribution in [2.24, 2.45) is 0 Å². The molecule has 2 unspecified atom stereocenters. The van der Waals surface area contributed by atoms with Crippen molar-refractivity contribution in [3.8, 4) is 0 Å². The third kappa shape index (κ3) is 16.3. The Morgan fingerprint density at radius 1 is 0.913 bits per heavy atom. The lowest BCUT2D eigenvalue weighted by molar-refractivity contribution is -0.148. The van der Waals surface area contributed by atoms with E-state index in [9.17, 15) is 44.3 Å². The summed E-state index contributed by atoms with van der Waals surface area (Å²) in [5.41, 5.74) is -1.95. The number of carboxylic acid groups (broad SMARTS) is 1. The summed E-state index contributed by atoms with van der Waals surface area (Å²) in [6, 6.07) is -1.79. The molecule has 0 aromatic carbocycles. The molecule has 14 heteroatoms. The summed E-state index contributed by atoms with van der Waals surface area (Å²) in [4.78, 5) is 47.7. The molecule has 2 amide bonds. The Bertz CT molecular complexity index is 984. The van der Waals surface area contributed by atoms with Crippen molar-refractivity contribution in [1.82, 2.24) is 15.5 Å². The molecule has 1 fully saturated rings. The van der Waals surface area contributed by atoms with Gasteiger partial charge in [0, 0.05) is 26.4 Å². The Balaban J connectivity index is 2.41. The number of nitrogens with zero attached hydrogens (tertiary/aromatic N) is 1. The first-order valence-electron chi connectivity index (χ1n) is 16.9. The van der Waals surface area contributed by atoms with Gasteiger partial charge in [0.1, 0.15) is 0 Å². The van der Waals surface area contributed by atoms with Gasteiger partial charge in [0.05, 0.1) is 43.7 Å². The van der Waals surface area contributed by atoms with Gasteiger partial charge in [0.25, 0.3) is 0 Å². The molecular weight excluding hydrogens is 617 g/mol. The fourth-order valence-corrected chi connectivity index (χ4v) is 6.61. The van der Waals surface area contributed by atoms with Crippen LogP contribution < -0.4 is 10.6 Å². The molecule has 1 aliphatic rings. The number of likely N-dealkylation sites (tertiary alicyclic amines) is 1. The molecule has 6 atom stereocenters. The van der Waals surface area contributed by atoms with Crippen molar-refractivity contribution in [1.29, 1.82) is 0 Å². The number of nitrogens with one attached hydrogen (secondary N) is 2. The Morgan fingerprint density at radius 2 is 1.46 bits per heavy atom. The van der Waals surface area contributed by atoms with E-state index in [1.165, 1.54) is 57.3 Å². The summed E-state index contributed by atoms with van der Waals surface area (Å²) in [5.74, 6) is -2.30.